The topological polar surface area (TPSA) is 41.6 Å². The summed E-state index contributed by atoms with van der Waals surface area (Å²) in [5.74, 6) is 1.75. The fraction of sp³-hybridized carbons (Fsp3) is 0.385. The first-order valence-electron chi connectivity index (χ1n) is 5.59. The predicted molar refractivity (Wildman–Crippen MR) is 70.1 cm³/mol. The van der Waals surface area contributed by atoms with Gasteiger partial charge in [0.25, 0.3) is 0 Å². The molecule has 3 nitrogen and oxygen atoms in total. The number of hydrogen-bond donors (Lipinski definition) is 1. The smallest absolute Gasteiger partial charge is 0.181 e. The zero-order valence-corrected chi connectivity index (χ0v) is 11.0. The van der Waals surface area contributed by atoms with E-state index in [1.165, 1.54) is 5.56 Å². The number of alkyl halides is 1. The molecule has 0 saturated heterocycles. The van der Waals surface area contributed by atoms with E-state index in [0.29, 0.717) is 17.5 Å². The number of benzene rings is 1. The summed E-state index contributed by atoms with van der Waals surface area (Å²) in [5, 5.41) is 6.93. The van der Waals surface area contributed by atoms with Gasteiger partial charge in [0.15, 0.2) is 5.82 Å². The van der Waals surface area contributed by atoms with Gasteiger partial charge in [0.05, 0.1) is 5.88 Å². The van der Waals surface area contributed by atoms with Crippen molar-refractivity contribution in [3.05, 3.63) is 35.7 Å². The maximum Gasteiger partial charge on any atom is 0.181 e. The Bertz CT molecular complexity index is 494. The minimum atomic E-state index is 0.166. The van der Waals surface area contributed by atoms with Crippen LogP contribution in [0, 0.1) is 0 Å². The highest BCUT2D eigenvalue weighted by Gasteiger charge is 2.13. The fourth-order valence-electron chi connectivity index (χ4n) is 1.60. The molecule has 0 unspecified atom stereocenters. The molecule has 0 fully saturated rings. The number of nitrogens with one attached hydrogen (secondary N) is 1. The lowest BCUT2D eigenvalue weighted by atomic mass is 9.87. The summed E-state index contributed by atoms with van der Waals surface area (Å²) in [7, 11) is 0. The normalized spacial score (nSPS) is 11.8. The largest absolute Gasteiger partial charge is 0.262 e. The van der Waals surface area contributed by atoms with Gasteiger partial charge in [-0.05, 0) is 11.0 Å². The molecule has 4 heteroatoms. The zero-order chi connectivity index (χ0) is 12.5. The molecule has 1 aromatic carbocycles. The summed E-state index contributed by atoms with van der Waals surface area (Å²) in [4.78, 5) is 4.29. The Labute approximate surface area is 106 Å². The molecule has 0 aliphatic carbocycles. The van der Waals surface area contributed by atoms with E-state index in [1.807, 2.05) is 12.1 Å². The van der Waals surface area contributed by atoms with Crippen molar-refractivity contribution in [3.8, 4) is 11.4 Å². The van der Waals surface area contributed by atoms with Crippen molar-refractivity contribution < 1.29 is 0 Å². The standard InChI is InChI=1S/C13H16ClN3/c1-13(2,3)10-6-4-9(5-7-10)12-15-11(8-14)16-17-12/h4-7H,8H2,1-3H3,(H,15,16,17). The molecule has 2 aromatic rings. The van der Waals surface area contributed by atoms with Crippen LogP contribution in [0.4, 0.5) is 0 Å². The highest BCUT2D eigenvalue weighted by Crippen LogP contribution is 2.24. The van der Waals surface area contributed by atoms with Crippen LogP contribution in [0.5, 0.6) is 0 Å². The van der Waals surface area contributed by atoms with Crippen molar-refractivity contribution in [2.75, 3.05) is 0 Å². The molecule has 0 spiro atoms. The number of halogens is 1. The van der Waals surface area contributed by atoms with Crippen LogP contribution in [0.25, 0.3) is 11.4 Å². The third-order valence-electron chi connectivity index (χ3n) is 2.67. The van der Waals surface area contributed by atoms with Gasteiger partial charge < -0.3 is 0 Å². The molecule has 17 heavy (non-hydrogen) atoms. The predicted octanol–water partition coefficient (Wildman–Crippen LogP) is 3.51. The molecule has 1 heterocycles. The molecule has 2 rings (SSSR count). The van der Waals surface area contributed by atoms with E-state index >= 15 is 0 Å². The third kappa shape index (κ3) is 2.67. The van der Waals surface area contributed by atoms with Gasteiger partial charge in [-0.1, -0.05) is 45.0 Å². The van der Waals surface area contributed by atoms with Gasteiger partial charge in [-0.3, -0.25) is 5.10 Å². The lowest BCUT2D eigenvalue weighted by Crippen LogP contribution is -2.10. The second-order valence-corrected chi connectivity index (χ2v) is 5.33. The van der Waals surface area contributed by atoms with E-state index < -0.39 is 0 Å². The molecule has 0 bridgehead atoms. The van der Waals surface area contributed by atoms with Gasteiger partial charge in [0, 0.05) is 5.56 Å². The summed E-state index contributed by atoms with van der Waals surface area (Å²) in [5.41, 5.74) is 2.47. The Morgan fingerprint density at radius 2 is 1.82 bits per heavy atom. The van der Waals surface area contributed by atoms with Crippen LogP contribution in [0.3, 0.4) is 0 Å². The fourth-order valence-corrected chi connectivity index (χ4v) is 1.72. The van der Waals surface area contributed by atoms with Gasteiger partial charge >= 0.3 is 0 Å². The van der Waals surface area contributed by atoms with Gasteiger partial charge in [-0.15, -0.1) is 11.6 Å². The van der Waals surface area contributed by atoms with Crippen LogP contribution in [0.15, 0.2) is 24.3 Å². The Morgan fingerprint density at radius 3 is 2.29 bits per heavy atom. The maximum atomic E-state index is 5.68. The Kier molecular flexibility index (Phi) is 3.20. The molecule has 0 atom stereocenters. The van der Waals surface area contributed by atoms with E-state index in [0.717, 1.165) is 5.56 Å². The highest BCUT2D eigenvalue weighted by atomic mass is 35.5. The monoisotopic (exact) mass is 249 g/mol. The van der Waals surface area contributed by atoms with Crippen molar-refractivity contribution in [2.45, 2.75) is 32.1 Å². The highest BCUT2D eigenvalue weighted by molar-refractivity contribution is 6.16. The number of rotatable bonds is 2. The second kappa shape index (κ2) is 4.49. The van der Waals surface area contributed by atoms with Crippen molar-refractivity contribution in [1.29, 1.82) is 0 Å². The lowest BCUT2D eigenvalue weighted by Gasteiger charge is -2.18. The summed E-state index contributed by atoms with van der Waals surface area (Å²) in [6.45, 7) is 6.58. The number of H-pyrrole nitrogens is 1. The minimum absolute atomic E-state index is 0.166. The molecular weight excluding hydrogens is 234 g/mol. The molecule has 1 N–H and O–H groups in total. The Morgan fingerprint density at radius 1 is 1.18 bits per heavy atom. The average molecular weight is 250 g/mol. The van der Waals surface area contributed by atoms with E-state index in [-0.39, 0.29) is 5.41 Å². The number of aromatic nitrogens is 3. The van der Waals surface area contributed by atoms with Gasteiger partial charge in [-0.25, -0.2) is 4.98 Å². The first kappa shape index (κ1) is 12.1. The van der Waals surface area contributed by atoms with E-state index in [1.54, 1.807) is 0 Å². The molecule has 0 amide bonds. The van der Waals surface area contributed by atoms with Crippen molar-refractivity contribution in [2.24, 2.45) is 0 Å². The second-order valence-electron chi connectivity index (χ2n) is 5.07. The summed E-state index contributed by atoms with van der Waals surface area (Å²) in [6.07, 6.45) is 0. The Balaban J connectivity index is 2.29. The molecule has 1 aromatic heterocycles. The van der Waals surface area contributed by atoms with E-state index in [4.69, 9.17) is 11.6 Å². The summed E-state index contributed by atoms with van der Waals surface area (Å²) in [6, 6.07) is 8.32. The number of hydrogen-bond acceptors (Lipinski definition) is 2. The lowest BCUT2D eigenvalue weighted by molar-refractivity contribution is 0.590. The van der Waals surface area contributed by atoms with Gasteiger partial charge in [-0.2, -0.15) is 5.10 Å². The van der Waals surface area contributed by atoms with Gasteiger partial charge in [0.2, 0.25) is 0 Å². The molecule has 0 aliphatic rings. The molecule has 90 valence electrons. The van der Waals surface area contributed by atoms with Crippen LogP contribution in [-0.2, 0) is 11.3 Å². The van der Waals surface area contributed by atoms with E-state index in [9.17, 15) is 0 Å². The third-order valence-corrected chi connectivity index (χ3v) is 2.92. The molecule has 0 aliphatic heterocycles. The summed E-state index contributed by atoms with van der Waals surface area (Å²) < 4.78 is 0. The minimum Gasteiger partial charge on any atom is -0.262 e. The first-order valence-corrected chi connectivity index (χ1v) is 6.12. The van der Waals surface area contributed by atoms with Gasteiger partial charge in [0.1, 0.15) is 5.82 Å². The van der Waals surface area contributed by atoms with E-state index in [2.05, 4.69) is 48.1 Å². The SMILES string of the molecule is CC(C)(C)c1ccc(-c2n[nH]c(CCl)n2)cc1. The molecule has 0 radical (unpaired) electrons. The van der Waals surface area contributed by atoms with Crippen LogP contribution in [-0.4, -0.2) is 15.2 Å². The zero-order valence-electron chi connectivity index (χ0n) is 10.3. The average Bonchev–Trinajstić information content (AvgIpc) is 2.76. The van der Waals surface area contributed by atoms with Crippen LogP contribution >= 0.6 is 11.6 Å². The number of nitrogens with zero attached hydrogens (tertiary/aromatic N) is 2. The van der Waals surface area contributed by atoms with Crippen LogP contribution < -0.4 is 0 Å². The summed E-state index contributed by atoms with van der Waals surface area (Å²) >= 11 is 5.68. The Hall–Kier alpha value is -1.35. The first-order chi connectivity index (χ1) is 8.00. The van der Waals surface area contributed by atoms with Crippen molar-refractivity contribution in [1.82, 2.24) is 15.2 Å². The number of aromatic amines is 1. The maximum absolute atomic E-state index is 5.68. The molecule has 0 saturated carbocycles. The van der Waals surface area contributed by atoms with Crippen molar-refractivity contribution >= 4 is 11.6 Å². The molecular formula is C13H16ClN3. The van der Waals surface area contributed by atoms with Crippen LogP contribution in [0.2, 0.25) is 0 Å². The quantitative estimate of drug-likeness (QED) is 0.828. The van der Waals surface area contributed by atoms with Crippen LogP contribution in [0.1, 0.15) is 32.2 Å². The van der Waals surface area contributed by atoms with Crippen molar-refractivity contribution in [3.63, 3.8) is 0 Å².